The molecule has 16 heavy (non-hydrogen) atoms. The Bertz CT molecular complexity index is 300. The number of carboxylic acid groups (broad SMARTS) is 1. The summed E-state index contributed by atoms with van der Waals surface area (Å²) in [6, 6.07) is -0.475. The van der Waals surface area contributed by atoms with Crippen molar-refractivity contribution in [2.45, 2.75) is 38.3 Å². The third-order valence-corrected chi connectivity index (χ3v) is 3.17. The SMILES string of the molecule is CC(NC(C)(C(=O)O)C1CC1)C(=O)N(C)C. The van der Waals surface area contributed by atoms with E-state index in [-0.39, 0.29) is 11.8 Å². The van der Waals surface area contributed by atoms with Crippen LogP contribution < -0.4 is 5.32 Å². The first kappa shape index (κ1) is 13.0. The van der Waals surface area contributed by atoms with Crippen LogP contribution in [0.3, 0.4) is 0 Å². The van der Waals surface area contributed by atoms with E-state index in [1.807, 2.05) is 0 Å². The molecule has 1 saturated carbocycles. The summed E-state index contributed by atoms with van der Waals surface area (Å²) < 4.78 is 0. The number of amides is 1. The number of carboxylic acids is 1. The summed E-state index contributed by atoms with van der Waals surface area (Å²) in [6.07, 6.45) is 1.83. The van der Waals surface area contributed by atoms with Crippen molar-refractivity contribution in [3.63, 3.8) is 0 Å². The van der Waals surface area contributed by atoms with Crippen molar-refractivity contribution in [3.8, 4) is 0 Å². The van der Waals surface area contributed by atoms with Crippen molar-refractivity contribution >= 4 is 11.9 Å². The van der Waals surface area contributed by atoms with Gasteiger partial charge in [0, 0.05) is 14.1 Å². The van der Waals surface area contributed by atoms with Gasteiger partial charge in [-0.1, -0.05) is 0 Å². The van der Waals surface area contributed by atoms with E-state index in [2.05, 4.69) is 5.32 Å². The average molecular weight is 228 g/mol. The Morgan fingerprint density at radius 2 is 1.94 bits per heavy atom. The molecular weight excluding hydrogens is 208 g/mol. The van der Waals surface area contributed by atoms with Gasteiger partial charge >= 0.3 is 5.97 Å². The Labute approximate surface area is 95.8 Å². The normalized spacial score (nSPS) is 21.0. The van der Waals surface area contributed by atoms with Gasteiger partial charge in [-0.15, -0.1) is 0 Å². The maximum atomic E-state index is 11.7. The summed E-state index contributed by atoms with van der Waals surface area (Å²) in [5, 5.41) is 12.2. The van der Waals surface area contributed by atoms with Crippen molar-refractivity contribution in [3.05, 3.63) is 0 Å². The zero-order valence-corrected chi connectivity index (χ0v) is 10.3. The molecule has 5 heteroatoms. The van der Waals surface area contributed by atoms with E-state index in [9.17, 15) is 14.7 Å². The van der Waals surface area contributed by atoms with Gasteiger partial charge < -0.3 is 10.0 Å². The highest BCUT2D eigenvalue weighted by atomic mass is 16.4. The number of aliphatic carboxylic acids is 1. The quantitative estimate of drug-likeness (QED) is 0.710. The molecule has 0 aliphatic heterocycles. The fourth-order valence-electron chi connectivity index (χ4n) is 1.91. The lowest BCUT2D eigenvalue weighted by Crippen LogP contribution is -2.58. The number of rotatable bonds is 5. The van der Waals surface area contributed by atoms with Gasteiger partial charge in [0.05, 0.1) is 6.04 Å². The highest BCUT2D eigenvalue weighted by molar-refractivity contribution is 5.84. The van der Waals surface area contributed by atoms with Crippen molar-refractivity contribution in [1.29, 1.82) is 0 Å². The van der Waals surface area contributed by atoms with Gasteiger partial charge in [0.15, 0.2) is 0 Å². The lowest BCUT2D eigenvalue weighted by Gasteiger charge is -2.30. The minimum atomic E-state index is -0.981. The number of likely N-dealkylation sites (N-methyl/N-ethyl adjacent to an activating group) is 1. The smallest absolute Gasteiger partial charge is 0.323 e. The molecule has 0 aromatic rings. The summed E-state index contributed by atoms with van der Waals surface area (Å²) in [5.41, 5.74) is -0.981. The van der Waals surface area contributed by atoms with Gasteiger partial charge in [-0.2, -0.15) is 0 Å². The predicted molar refractivity (Wildman–Crippen MR) is 60.1 cm³/mol. The minimum absolute atomic E-state index is 0.104. The van der Waals surface area contributed by atoms with E-state index in [0.717, 1.165) is 12.8 Å². The molecule has 2 unspecified atom stereocenters. The molecule has 0 saturated heterocycles. The van der Waals surface area contributed by atoms with Crippen LogP contribution >= 0.6 is 0 Å². The number of hydrogen-bond donors (Lipinski definition) is 2. The van der Waals surface area contributed by atoms with Gasteiger partial charge in [-0.3, -0.25) is 14.9 Å². The second-order valence-corrected chi connectivity index (χ2v) is 4.88. The van der Waals surface area contributed by atoms with Gasteiger partial charge in [0.1, 0.15) is 5.54 Å². The maximum Gasteiger partial charge on any atom is 0.323 e. The largest absolute Gasteiger partial charge is 0.480 e. The molecule has 2 N–H and O–H groups in total. The number of carbonyl (C=O) groups excluding carboxylic acids is 1. The molecule has 92 valence electrons. The molecule has 2 atom stereocenters. The van der Waals surface area contributed by atoms with Crippen molar-refractivity contribution in [2.24, 2.45) is 5.92 Å². The number of nitrogens with one attached hydrogen (secondary N) is 1. The number of hydrogen-bond acceptors (Lipinski definition) is 3. The van der Waals surface area contributed by atoms with Crippen LogP contribution in [0.5, 0.6) is 0 Å². The number of carbonyl (C=O) groups is 2. The Morgan fingerprint density at radius 3 is 2.25 bits per heavy atom. The van der Waals surface area contributed by atoms with Gasteiger partial charge in [-0.05, 0) is 32.6 Å². The summed E-state index contributed by atoms with van der Waals surface area (Å²) >= 11 is 0. The first-order chi connectivity index (χ1) is 7.29. The van der Waals surface area contributed by atoms with Crippen LogP contribution in [0.25, 0.3) is 0 Å². The second-order valence-electron chi connectivity index (χ2n) is 4.88. The average Bonchev–Trinajstić information content (AvgIpc) is 2.98. The molecule has 1 aliphatic rings. The summed E-state index contributed by atoms with van der Waals surface area (Å²) in [7, 11) is 3.32. The van der Waals surface area contributed by atoms with E-state index < -0.39 is 17.6 Å². The predicted octanol–water partition coefficient (Wildman–Crippen LogP) is 0.306. The highest BCUT2D eigenvalue weighted by Gasteiger charge is 2.48. The lowest BCUT2D eigenvalue weighted by molar-refractivity contribution is -0.146. The zero-order valence-electron chi connectivity index (χ0n) is 10.3. The molecular formula is C11H20N2O3. The first-order valence-electron chi connectivity index (χ1n) is 5.51. The lowest BCUT2D eigenvalue weighted by atomic mass is 9.94. The van der Waals surface area contributed by atoms with Crippen LogP contribution in [-0.4, -0.2) is 47.6 Å². The van der Waals surface area contributed by atoms with Crippen LogP contribution in [0.4, 0.5) is 0 Å². The molecule has 0 aromatic carbocycles. The molecule has 1 aliphatic carbocycles. The first-order valence-corrected chi connectivity index (χ1v) is 5.51. The van der Waals surface area contributed by atoms with Crippen LogP contribution in [0.2, 0.25) is 0 Å². The highest BCUT2D eigenvalue weighted by Crippen LogP contribution is 2.40. The molecule has 1 amide bonds. The van der Waals surface area contributed by atoms with Crippen LogP contribution in [0.1, 0.15) is 26.7 Å². The Kier molecular flexibility index (Phi) is 3.57. The van der Waals surface area contributed by atoms with Crippen LogP contribution in [0.15, 0.2) is 0 Å². The molecule has 0 aromatic heterocycles. The van der Waals surface area contributed by atoms with E-state index in [1.54, 1.807) is 27.9 Å². The molecule has 1 fully saturated rings. The second kappa shape index (κ2) is 4.41. The fourth-order valence-corrected chi connectivity index (χ4v) is 1.91. The molecule has 5 nitrogen and oxygen atoms in total. The van der Waals surface area contributed by atoms with E-state index >= 15 is 0 Å². The van der Waals surface area contributed by atoms with Crippen molar-refractivity contribution < 1.29 is 14.7 Å². The van der Waals surface area contributed by atoms with E-state index in [1.165, 1.54) is 4.90 Å². The Hall–Kier alpha value is -1.10. The summed E-state index contributed by atoms with van der Waals surface area (Å²) in [6.45, 7) is 3.36. The van der Waals surface area contributed by atoms with Crippen molar-refractivity contribution in [2.75, 3.05) is 14.1 Å². The van der Waals surface area contributed by atoms with Gasteiger partial charge in [0.2, 0.25) is 5.91 Å². The minimum Gasteiger partial charge on any atom is -0.480 e. The maximum absolute atomic E-state index is 11.7. The molecule has 0 heterocycles. The van der Waals surface area contributed by atoms with Crippen LogP contribution in [0, 0.1) is 5.92 Å². The van der Waals surface area contributed by atoms with Crippen molar-refractivity contribution in [1.82, 2.24) is 10.2 Å². The molecule has 0 spiro atoms. The van der Waals surface area contributed by atoms with Crippen LogP contribution in [-0.2, 0) is 9.59 Å². The van der Waals surface area contributed by atoms with E-state index in [0.29, 0.717) is 0 Å². The Morgan fingerprint density at radius 1 is 1.44 bits per heavy atom. The summed E-state index contributed by atoms with van der Waals surface area (Å²) in [4.78, 5) is 24.4. The monoisotopic (exact) mass is 228 g/mol. The van der Waals surface area contributed by atoms with E-state index in [4.69, 9.17) is 0 Å². The van der Waals surface area contributed by atoms with Gasteiger partial charge in [-0.25, -0.2) is 0 Å². The number of nitrogens with zero attached hydrogens (tertiary/aromatic N) is 1. The zero-order chi connectivity index (χ0) is 12.5. The molecule has 0 radical (unpaired) electrons. The Balaban J connectivity index is 2.69. The topological polar surface area (TPSA) is 69.6 Å². The summed E-state index contributed by atoms with van der Waals surface area (Å²) in [5.74, 6) is -0.844. The molecule has 1 rings (SSSR count). The third-order valence-electron chi connectivity index (χ3n) is 3.17. The molecule has 0 bridgehead atoms. The standard InChI is InChI=1S/C11H20N2O3/c1-7(9(14)13(3)4)12-11(2,10(15)16)8-5-6-8/h7-8,12H,5-6H2,1-4H3,(H,15,16). The van der Waals surface area contributed by atoms with Gasteiger partial charge in [0.25, 0.3) is 0 Å². The third kappa shape index (κ3) is 2.52. The fraction of sp³-hybridized carbons (Fsp3) is 0.818.